The van der Waals surface area contributed by atoms with Crippen LogP contribution in [-0.4, -0.2) is 11.6 Å². The summed E-state index contributed by atoms with van der Waals surface area (Å²) >= 11 is 0. The van der Waals surface area contributed by atoms with Gasteiger partial charge in [0.1, 0.15) is 6.04 Å². The predicted molar refractivity (Wildman–Crippen MR) is 63.5 cm³/mol. The summed E-state index contributed by atoms with van der Waals surface area (Å²) in [5.41, 5.74) is 18.5. The molecule has 0 spiro atoms. The smallest absolute Gasteiger partial charge is 0.127 e. The highest BCUT2D eigenvalue weighted by Gasteiger charge is 2.29. The maximum atomic E-state index is 8.86. The third-order valence-electron chi connectivity index (χ3n) is 2.66. The molecule has 0 aromatic carbocycles. The molecule has 0 saturated heterocycles. The van der Waals surface area contributed by atoms with Crippen LogP contribution in [0.4, 0.5) is 0 Å². The molecule has 0 amide bonds. The number of nitriles is 2. The van der Waals surface area contributed by atoms with Crippen molar-refractivity contribution in [2.24, 2.45) is 17.2 Å². The lowest BCUT2D eigenvalue weighted by molar-refractivity contribution is 0.495. The number of hydrogen-bond donors (Lipinski definition) is 4. The van der Waals surface area contributed by atoms with E-state index in [9.17, 15) is 0 Å². The Morgan fingerprint density at radius 1 is 1.53 bits per heavy atom. The van der Waals surface area contributed by atoms with Gasteiger partial charge in [0.2, 0.25) is 0 Å². The highest BCUT2D eigenvalue weighted by atomic mass is 15.0. The van der Waals surface area contributed by atoms with Crippen molar-refractivity contribution in [1.82, 2.24) is 5.32 Å². The monoisotopic (exact) mass is 232 g/mol. The molecule has 0 fully saturated rings. The van der Waals surface area contributed by atoms with E-state index < -0.39 is 11.6 Å². The Kier molecular flexibility index (Phi) is 3.62. The van der Waals surface area contributed by atoms with Gasteiger partial charge in [0.05, 0.1) is 29.8 Å². The lowest BCUT2D eigenvalue weighted by atomic mass is 9.87. The van der Waals surface area contributed by atoms with Crippen molar-refractivity contribution in [3.8, 4) is 12.1 Å². The number of nitrogens with one attached hydrogen (secondary N) is 1. The highest BCUT2D eigenvalue weighted by Crippen LogP contribution is 2.25. The number of allylic oxidation sites excluding steroid dienone is 1. The van der Waals surface area contributed by atoms with Gasteiger partial charge in [-0.3, -0.25) is 0 Å². The zero-order valence-electron chi connectivity index (χ0n) is 9.70. The summed E-state index contributed by atoms with van der Waals surface area (Å²) in [6.45, 7) is 1.79. The van der Waals surface area contributed by atoms with Crippen LogP contribution in [-0.2, 0) is 0 Å². The molecule has 0 aliphatic heterocycles. The van der Waals surface area contributed by atoms with Crippen molar-refractivity contribution < 1.29 is 0 Å². The molecule has 1 rings (SSSR count). The standard InChI is InChI=1S/C11H16N6/c1-11(16)5-9(8(14)4-10(11)15)17-7(6-13)2-3-12/h4,7,17H,2,5,14-16H2,1H3. The van der Waals surface area contributed by atoms with Crippen molar-refractivity contribution >= 4 is 0 Å². The first-order chi connectivity index (χ1) is 7.90. The van der Waals surface area contributed by atoms with Crippen LogP contribution in [0.5, 0.6) is 0 Å². The first-order valence-corrected chi connectivity index (χ1v) is 5.19. The quantitative estimate of drug-likeness (QED) is 0.518. The lowest BCUT2D eigenvalue weighted by Gasteiger charge is -2.32. The second kappa shape index (κ2) is 4.77. The second-order valence-corrected chi connectivity index (χ2v) is 4.32. The molecule has 0 aromatic rings. The maximum absolute atomic E-state index is 8.86. The number of nitrogens with zero attached hydrogens (tertiary/aromatic N) is 2. The minimum Gasteiger partial charge on any atom is -0.400 e. The van der Waals surface area contributed by atoms with Crippen LogP contribution in [0.15, 0.2) is 23.2 Å². The van der Waals surface area contributed by atoms with Crippen LogP contribution in [0.25, 0.3) is 0 Å². The molecule has 0 radical (unpaired) electrons. The normalized spacial score (nSPS) is 25.5. The summed E-state index contributed by atoms with van der Waals surface area (Å²) in [5.74, 6) is 0. The predicted octanol–water partition coefficient (Wildman–Crippen LogP) is -0.484. The van der Waals surface area contributed by atoms with Gasteiger partial charge in [0.25, 0.3) is 0 Å². The van der Waals surface area contributed by atoms with Crippen LogP contribution in [0, 0.1) is 22.7 Å². The molecule has 17 heavy (non-hydrogen) atoms. The lowest BCUT2D eigenvalue weighted by Crippen LogP contribution is -2.47. The fraction of sp³-hybridized carbons (Fsp3) is 0.455. The summed E-state index contributed by atoms with van der Waals surface area (Å²) in [4.78, 5) is 0. The molecular weight excluding hydrogens is 216 g/mol. The molecule has 90 valence electrons. The molecule has 7 N–H and O–H groups in total. The molecule has 1 aliphatic carbocycles. The van der Waals surface area contributed by atoms with Gasteiger partial charge in [-0.2, -0.15) is 10.5 Å². The number of rotatable bonds is 3. The average Bonchev–Trinajstić information content (AvgIpc) is 2.25. The minimum atomic E-state index is -0.683. The van der Waals surface area contributed by atoms with E-state index in [1.807, 2.05) is 12.1 Å². The third kappa shape index (κ3) is 2.90. The molecule has 0 aromatic heterocycles. The van der Waals surface area contributed by atoms with E-state index in [0.717, 1.165) is 0 Å². The molecule has 2 unspecified atom stereocenters. The Morgan fingerprint density at radius 2 is 2.18 bits per heavy atom. The van der Waals surface area contributed by atoms with Crippen LogP contribution in [0.3, 0.4) is 0 Å². The van der Waals surface area contributed by atoms with Gasteiger partial charge >= 0.3 is 0 Å². The van der Waals surface area contributed by atoms with Crippen LogP contribution < -0.4 is 22.5 Å². The maximum Gasteiger partial charge on any atom is 0.127 e. The van der Waals surface area contributed by atoms with E-state index in [1.165, 1.54) is 0 Å². The Bertz CT molecular complexity index is 446. The second-order valence-electron chi connectivity index (χ2n) is 4.32. The van der Waals surface area contributed by atoms with Crippen LogP contribution in [0.2, 0.25) is 0 Å². The fourth-order valence-corrected chi connectivity index (χ4v) is 1.56. The van der Waals surface area contributed by atoms with Crippen LogP contribution >= 0.6 is 0 Å². The van der Waals surface area contributed by atoms with Crippen molar-refractivity contribution in [2.45, 2.75) is 31.3 Å². The van der Waals surface area contributed by atoms with Gasteiger partial charge < -0.3 is 22.5 Å². The molecule has 1 aliphatic rings. The molecule has 0 saturated carbocycles. The summed E-state index contributed by atoms with van der Waals surface area (Å²) in [6.07, 6.45) is 2.10. The van der Waals surface area contributed by atoms with Gasteiger partial charge in [-0.25, -0.2) is 0 Å². The van der Waals surface area contributed by atoms with E-state index in [4.69, 9.17) is 27.7 Å². The molecule has 6 heteroatoms. The summed E-state index contributed by atoms with van der Waals surface area (Å²) < 4.78 is 0. The summed E-state index contributed by atoms with van der Waals surface area (Å²) in [7, 11) is 0. The van der Waals surface area contributed by atoms with Crippen molar-refractivity contribution in [3.05, 3.63) is 23.2 Å². The number of hydrogen-bond acceptors (Lipinski definition) is 6. The van der Waals surface area contributed by atoms with Gasteiger partial charge in [0, 0.05) is 17.8 Å². The first-order valence-electron chi connectivity index (χ1n) is 5.19. The van der Waals surface area contributed by atoms with Crippen molar-refractivity contribution in [2.75, 3.05) is 0 Å². The molecule has 6 nitrogen and oxygen atoms in total. The van der Waals surface area contributed by atoms with E-state index in [1.54, 1.807) is 13.0 Å². The van der Waals surface area contributed by atoms with Crippen molar-refractivity contribution in [3.63, 3.8) is 0 Å². The molecular formula is C11H16N6. The highest BCUT2D eigenvalue weighted by molar-refractivity contribution is 5.37. The van der Waals surface area contributed by atoms with Gasteiger partial charge in [-0.1, -0.05) is 0 Å². The van der Waals surface area contributed by atoms with Crippen LogP contribution in [0.1, 0.15) is 19.8 Å². The van der Waals surface area contributed by atoms with E-state index in [0.29, 0.717) is 23.5 Å². The SMILES string of the molecule is CC1(N)CC(NC(C#N)CC#N)=C(N)C=C1N. The van der Waals surface area contributed by atoms with Gasteiger partial charge in [-0.15, -0.1) is 0 Å². The number of nitrogens with two attached hydrogens (primary N) is 3. The molecule has 0 heterocycles. The summed E-state index contributed by atoms with van der Waals surface area (Å²) in [5, 5.41) is 20.3. The van der Waals surface area contributed by atoms with E-state index in [2.05, 4.69) is 5.32 Å². The largest absolute Gasteiger partial charge is 0.400 e. The zero-order chi connectivity index (χ0) is 13.1. The van der Waals surface area contributed by atoms with Gasteiger partial charge in [-0.05, 0) is 13.0 Å². The average molecular weight is 232 g/mol. The topological polar surface area (TPSA) is 138 Å². The molecule has 0 bridgehead atoms. The Hall–Kier alpha value is -2.18. The Balaban J connectivity index is 2.89. The summed E-state index contributed by atoms with van der Waals surface area (Å²) in [6, 6.07) is 3.34. The minimum absolute atomic E-state index is 0.0910. The Labute approximate surface area is 100 Å². The Morgan fingerprint density at radius 3 is 2.71 bits per heavy atom. The first kappa shape index (κ1) is 12.9. The van der Waals surface area contributed by atoms with Crippen molar-refractivity contribution in [1.29, 1.82) is 10.5 Å². The van der Waals surface area contributed by atoms with E-state index in [-0.39, 0.29) is 6.42 Å². The zero-order valence-corrected chi connectivity index (χ0v) is 9.70. The molecule has 2 atom stereocenters. The van der Waals surface area contributed by atoms with Gasteiger partial charge in [0.15, 0.2) is 0 Å². The third-order valence-corrected chi connectivity index (χ3v) is 2.66. The van der Waals surface area contributed by atoms with E-state index >= 15 is 0 Å². The fourth-order valence-electron chi connectivity index (χ4n) is 1.56.